The van der Waals surface area contributed by atoms with E-state index in [2.05, 4.69) is 20.2 Å². The number of anilines is 1. The second-order valence-electron chi connectivity index (χ2n) is 10.0. The SMILES string of the molecule is CN1CCN(S(=O)(=O)c2ccc([C@@H](CC3CCCC3)C(=O)Nc3nc4ccc(C(=O)O)nc4s3)cc2)CC1. The molecule has 38 heavy (non-hydrogen) atoms. The molecule has 12 heteroatoms. The number of aromatic nitrogens is 2. The van der Waals surface area contributed by atoms with Gasteiger partial charge in [-0.1, -0.05) is 49.2 Å². The van der Waals surface area contributed by atoms with Crippen molar-refractivity contribution in [2.45, 2.75) is 42.9 Å². The van der Waals surface area contributed by atoms with Crippen molar-refractivity contribution >= 4 is 48.7 Å². The number of sulfonamides is 1. The van der Waals surface area contributed by atoms with E-state index in [1.165, 1.54) is 10.4 Å². The van der Waals surface area contributed by atoms with E-state index in [1.807, 2.05) is 7.05 Å². The van der Waals surface area contributed by atoms with Crippen LogP contribution in [0.1, 0.15) is 54.1 Å². The number of fused-ring (bicyclic) bond motifs is 1. The van der Waals surface area contributed by atoms with Crippen LogP contribution in [-0.4, -0.2) is 77.8 Å². The van der Waals surface area contributed by atoms with Crippen molar-refractivity contribution in [3.8, 4) is 0 Å². The van der Waals surface area contributed by atoms with Gasteiger partial charge in [0.25, 0.3) is 0 Å². The van der Waals surface area contributed by atoms with Crippen molar-refractivity contribution in [2.75, 3.05) is 38.5 Å². The van der Waals surface area contributed by atoms with E-state index in [9.17, 15) is 23.1 Å². The molecule has 2 fully saturated rings. The van der Waals surface area contributed by atoms with Crippen LogP contribution in [-0.2, 0) is 14.8 Å². The predicted octanol–water partition coefficient (Wildman–Crippen LogP) is 3.63. The number of aromatic carboxylic acids is 1. The molecule has 5 rings (SSSR count). The number of hydrogen-bond donors (Lipinski definition) is 2. The number of carboxylic acid groups (broad SMARTS) is 1. The molecule has 0 bridgehead atoms. The normalized spacial score (nSPS) is 18.6. The fourth-order valence-corrected chi connectivity index (χ4v) is 7.47. The fourth-order valence-electron chi connectivity index (χ4n) is 5.21. The maximum absolute atomic E-state index is 13.5. The first kappa shape index (κ1) is 26.7. The third-order valence-electron chi connectivity index (χ3n) is 7.45. The summed E-state index contributed by atoms with van der Waals surface area (Å²) in [6.45, 7) is 2.30. The van der Waals surface area contributed by atoms with E-state index in [4.69, 9.17) is 0 Å². The van der Waals surface area contributed by atoms with E-state index in [1.54, 1.807) is 30.3 Å². The molecule has 2 aromatic heterocycles. The van der Waals surface area contributed by atoms with E-state index in [0.29, 0.717) is 54.0 Å². The Labute approximate surface area is 225 Å². The molecule has 1 amide bonds. The minimum atomic E-state index is -3.59. The van der Waals surface area contributed by atoms with Gasteiger partial charge in [0.1, 0.15) is 16.0 Å². The van der Waals surface area contributed by atoms with Gasteiger partial charge >= 0.3 is 5.97 Å². The third-order valence-corrected chi connectivity index (χ3v) is 10.2. The molecule has 0 unspecified atom stereocenters. The van der Waals surface area contributed by atoms with Gasteiger partial charge in [-0.15, -0.1) is 0 Å². The summed E-state index contributed by atoms with van der Waals surface area (Å²) in [5.74, 6) is -1.38. The smallest absolute Gasteiger partial charge is 0.354 e. The second kappa shape index (κ2) is 11.0. The van der Waals surface area contributed by atoms with Gasteiger partial charge in [0.15, 0.2) is 5.13 Å². The standard InChI is InChI=1S/C26H31N5O5S2/c1-30-12-14-31(15-13-30)38(35,36)19-8-6-18(7-9-19)20(16-17-4-2-3-5-17)23(32)29-26-28-21-10-11-22(25(33)34)27-24(21)37-26/h6-11,17,20H,2-5,12-16H2,1H3,(H,33,34)(H,28,29,32)/t20-/m1/s1. The van der Waals surface area contributed by atoms with Crippen molar-refractivity contribution in [1.29, 1.82) is 0 Å². The Morgan fingerprint density at radius 2 is 1.74 bits per heavy atom. The topological polar surface area (TPSA) is 133 Å². The maximum Gasteiger partial charge on any atom is 0.354 e. The molecule has 1 saturated heterocycles. The van der Waals surface area contributed by atoms with Gasteiger partial charge in [0.2, 0.25) is 15.9 Å². The highest BCUT2D eigenvalue weighted by Gasteiger charge is 2.30. The Morgan fingerprint density at radius 3 is 2.39 bits per heavy atom. The summed E-state index contributed by atoms with van der Waals surface area (Å²) in [5, 5.41) is 12.5. The van der Waals surface area contributed by atoms with E-state index in [-0.39, 0.29) is 16.5 Å². The molecule has 2 aliphatic rings. The van der Waals surface area contributed by atoms with Gasteiger partial charge in [-0.25, -0.2) is 23.2 Å². The van der Waals surface area contributed by atoms with Crippen molar-refractivity contribution in [3.63, 3.8) is 0 Å². The lowest BCUT2D eigenvalue weighted by Gasteiger charge is -2.31. The zero-order valence-corrected chi connectivity index (χ0v) is 22.8. The number of hydrogen-bond acceptors (Lipinski definition) is 8. The first-order chi connectivity index (χ1) is 18.2. The molecule has 10 nitrogen and oxygen atoms in total. The van der Waals surface area contributed by atoms with Crippen LogP contribution >= 0.6 is 11.3 Å². The Morgan fingerprint density at radius 1 is 1.05 bits per heavy atom. The molecule has 1 atom stereocenters. The Balaban J connectivity index is 1.37. The number of amides is 1. The van der Waals surface area contributed by atoms with Crippen LogP contribution in [0, 0.1) is 5.92 Å². The third kappa shape index (κ3) is 5.73. The number of carbonyl (C=O) groups is 2. The molecule has 0 radical (unpaired) electrons. The fraction of sp³-hybridized carbons (Fsp3) is 0.462. The maximum atomic E-state index is 13.5. The lowest BCUT2D eigenvalue weighted by Crippen LogP contribution is -2.47. The largest absolute Gasteiger partial charge is 0.477 e. The molecule has 1 aliphatic heterocycles. The zero-order chi connectivity index (χ0) is 26.9. The first-order valence-corrected chi connectivity index (χ1v) is 15.1. The molecule has 1 saturated carbocycles. The van der Waals surface area contributed by atoms with Gasteiger partial charge in [0.05, 0.1) is 10.8 Å². The lowest BCUT2D eigenvalue weighted by atomic mass is 9.87. The molecular formula is C26H31N5O5S2. The number of nitrogens with zero attached hydrogens (tertiary/aromatic N) is 4. The minimum Gasteiger partial charge on any atom is -0.477 e. The molecule has 3 aromatic rings. The van der Waals surface area contributed by atoms with Crippen LogP contribution in [0.4, 0.5) is 5.13 Å². The van der Waals surface area contributed by atoms with Crippen molar-refractivity contribution in [1.82, 2.24) is 19.2 Å². The number of likely N-dealkylation sites (N-methyl/N-ethyl adjacent to an activating group) is 1. The van der Waals surface area contributed by atoms with Crippen LogP contribution in [0.15, 0.2) is 41.3 Å². The molecule has 202 valence electrons. The number of carboxylic acids is 1. The van der Waals surface area contributed by atoms with Gasteiger partial charge < -0.3 is 15.3 Å². The van der Waals surface area contributed by atoms with Crippen LogP contribution in [0.3, 0.4) is 0 Å². The van der Waals surface area contributed by atoms with E-state index in [0.717, 1.165) is 42.6 Å². The Hall–Kier alpha value is -2.93. The van der Waals surface area contributed by atoms with Gasteiger partial charge in [-0.2, -0.15) is 4.31 Å². The molecule has 2 N–H and O–H groups in total. The first-order valence-electron chi connectivity index (χ1n) is 12.8. The molecule has 0 spiro atoms. The lowest BCUT2D eigenvalue weighted by molar-refractivity contribution is -0.118. The summed E-state index contributed by atoms with van der Waals surface area (Å²) >= 11 is 1.13. The van der Waals surface area contributed by atoms with Gasteiger partial charge in [-0.3, -0.25) is 4.79 Å². The Kier molecular flexibility index (Phi) is 7.75. The molecular weight excluding hydrogens is 526 g/mol. The van der Waals surface area contributed by atoms with Gasteiger partial charge in [0, 0.05) is 26.2 Å². The number of nitrogens with one attached hydrogen (secondary N) is 1. The molecule has 3 heterocycles. The number of carbonyl (C=O) groups excluding carboxylic acids is 1. The quantitative estimate of drug-likeness (QED) is 0.429. The van der Waals surface area contributed by atoms with E-state index < -0.39 is 21.9 Å². The summed E-state index contributed by atoms with van der Waals surface area (Å²) in [5.41, 5.74) is 1.20. The van der Waals surface area contributed by atoms with Gasteiger partial charge in [-0.05, 0) is 49.2 Å². The number of thiazole rings is 1. The monoisotopic (exact) mass is 557 g/mol. The van der Waals surface area contributed by atoms with Crippen molar-refractivity contribution in [2.24, 2.45) is 5.92 Å². The average Bonchev–Trinajstić information content (AvgIpc) is 3.56. The molecule has 1 aliphatic carbocycles. The highest BCUT2D eigenvalue weighted by atomic mass is 32.2. The summed E-state index contributed by atoms with van der Waals surface area (Å²) in [7, 11) is -1.62. The zero-order valence-electron chi connectivity index (χ0n) is 21.2. The number of pyridine rings is 1. The van der Waals surface area contributed by atoms with E-state index >= 15 is 0 Å². The number of rotatable bonds is 8. The van der Waals surface area contributed by atoms with Crippen molar-refractivity contribution < 1.29 is 23.1 Å². The molecule has 1 aromatic carbocycles. The highest BCUT2D eigenvalue weighted by molar-refractivity contribution is 7.89. The van der Waals surface area contributed by atoms with Crippen LogP contribution in [0.2, 0.25) is 0 Å². The minimum absolute atomic E-state index is 0.0789. The highest BCUT2D eigenvalue weighted by Crippen LogP contribution is 2.36. The summed E-state index contributed by atoms with van der Waals surface area (Å²) in [6, 6.07) is 9.67. The average molecular weight is 558 g/mol. The number of benzene rings is 1. The second-order valence-corrected chi connectivity index (χ2v) is 13.0. The predicted molar refractivity (Wildman–Crippen MR) is 145 cm³/mol. The van der Waals surface area contributed by atoms with Crippen LogP contribution in [0.5, 0.6) is 0 Å². The number of piperazine rings is 1. The summed E-state index contributed by atoms with van der Waals surface area (Å²) < 4.78 is 27.8. The van der Waals surface area contributed by atoms with Crippen LogP contribution < -0.4 is 5.32 Å². The van der Waals surface area contributed by atoms with Crippen LogP contribution in [0.25, 0.3) is 10.3 Å². The summed E-state index contributed by atoms with van der Waals surface area (Å²) in [4.78, 5) is 36.0. The summed E-state index contributed by atoms with van der Waals surface area (Å²) in [6.07, 6.45) is 5.11. The van der Waals surface area contributed by atoms with Crippen molar-refractivity contribution in [3.05, 3.63) is 47.7 Å². The Bertz CT molecular complexity index is 1430.